The second-order valence-electron chi connectivity index (χ2n) is 6.67. The Morgan fingerprint density at radius 1 is 1.00 bits per heavy atom. The molecule has 1 amide bonds. The van der Waals surface area contributed by atoms with Crippen molar-refractivity contribution in [2.75, 3.05) is 34.3 Å². The Morgan fingerprint density at radius 3 is 2.36 bits per heavy atom. The molecule has 28 heavy (non-hydrogen) atoms. The van der Waals surface area contributed by atoms with Crippen LogP contribution in [0.2, 0.25) is 0 Å². The number of ether oxygens (including phenoxy) is 1. The minimum Gasteiger partial charge on any atom is -0.497 e. The summed E-state index contributed by atoms with van der Waals surface area (Å²) in [6.45, 7) is 1.51. The molecule has 0 aliphatic heterocycles. The summed E-state index contributed by atoms with van der Waals surface area (Å²) in [6.07, 6.45) is 1.98. The number of amides is 1. The number of aliphatic imine (C=N–C) groups is 1. The minimum absolute atomic E-state index is 0.00299. The van der Waals surface area contributed by atoms with Gasteiger partial charge in [0, 0.05) is 20.6 Å². The highest BCUT2D eigenvalue weighted by Crippen LogP contribution is 2.11. The topological polar surface area (TPSA) is 66.0 Å². The Kier molecular flexibility index (Phi) is 8.85. The molecule has 6 nitrogen and oxygen atoms in total. The maximum Gasteiger partial charge on any atom is 0.241 e. The average Bonchev–Trinajstić information content (AvgIpc) is 2.73. The summed E-state index contributed by atoms with van der Waals surface area (Å²) in [7, 11) is 5.13. The first kappa shape index (κ1) is 21.3. The molecule has 0 aromatic heterocycles. The highest BCUT2D eigenvalue weighted by atomic mass is 16.5. The third-order valence-corrected chi connectivity index (χ3v) is 4.26. The maximum absolute atomic E-state index is 11.9. The third kappa shape index (κ3) is 7.70. The highest BCUT2D eigenvalue weighted by molar-refractivity contribution is 5.86. The predicted octanol–water partition coefficient (Wildman–Crippen LogP) is 2.45. The fourth-order valence-corrected chi connectivity index (χ4v) is 2.54. The van der Waals surface area contributed by atoms with Crippen molar-refractivity contribution < 1.29 is 9.53 Å². The number of aryl methyl sites for hydroxylation is 1. The van der Waals surface area contributed by atoms with Crippen LogP contribution in [0.15, 0.2) is 59.6 Å². The van der Waals surface area contributed by atoms with Gasteiger partial charge in [0.05, 0.1) is 20.2 Å². The molecule has 2 aromatic carbocycles. The van der Waals surface area contributed by atoms with Crippen molar-refractivity contribution in [2.45, 2.75) is 19.4 Å². The van der Waals surface area contributed by atoms with Crippen molar-refractivity contribution in [2.24, 2.45) is 4.99 Å². The second kappa shape index (κ2) is 11.6. The Hall–Kier alpha value is -3.02. The van der Waals surface area contributed by atoms with E-state index in [1.807, 2.05) is 30.3 Å². The molecular weight excluding hydrogens is 352 g/mol. The second-order valence-corrected chi connectivity index (χ2v) is 6.67. The quantitative estimate of drug-likeness (QED) is 0.397. The van der Waals surface area contributed by atoms with Gasteiger partial charge >= 0.3 is 0 Å². The zero-order valence-corrected chi connectivity index (χ0v) is 16.9. The number of rotatable bonds is 9. The number of benzene rings is 2. The summed E-state index contributed by atoms with van der Waals surface area (Å²) in [5, 5.41) is 6.44. The van der Waals surface area contributed by atoms with E-state index in [0.717, 1.165) is 30.7 Å². The van der Waals surface area contributed by atoms with Gasteiger partial charge in [-0.15, -0.1) is 0 Å². The number of hydrogen-bond acceptors (Lipinski definition) is 3. The molecule has 2 N–H and O–H groups in total. The Balaban J connectivity index is 1.89. The molecule has 150 valence electrons. The van der Waals surface area contributed by atoms with Crippen molar-refractivity contribution in [1.29, 1.82) is 0 Å². The summed E-state index contributed by atoms with van der Waals surface area (Å²) in [6, 6.07) is 18.2. The fourth-order valence-electron chi connectivity index (χ4n) is 2.54. The lowest BCUT2D eigenvalue weighted by molar-refractivity contribution is -0.127. The Bertz CT molecular complexity index is 743. The number of methoxy groups -OCH3 is 1. The number of guanidine groups is 1. The Morgan fingerprint density at radius 2 is 1.71 bits per heavy atom. The van der Waals surface area contributed by atoms with Crippen molar-refractivity contribution >= 4 is 11.9 Å². The molecule has 2 aromatic rings. The molecule has 0 radical (unpaired) electrons. The van der Waals surface area contributed by atoms with E-state index in [-0.39, 0.29) is 12.5 Å². The van der Waals surface area contributed by atoms with E-state index in [1.165, 1.54) is 5.56 Å². The van der Waals surface area contributed by atoms with Gasteiger partial charge in [0.25, 0.3) is 0 Å². The molecule has 0 aliphatic carbocycles. The lowest BCUT2D eigenvalue weighted by Crippen LogP contribution is -2.43. The van der Waals surface area contributed by atoms with Gasteiger partial charge in [0.2, 0.25) is 5.91 Å². The molecule has 0 fully saturated rings. The standard InChI is InChI=1S/C22H30N4O2/c1-26(2)21(27)17-25-22(23-15-7-10-18-8-5-4-6-9-18)24-16-19-11-13-20(28-3)14-12-19/h4-6,8-9,11-14H,7,10,15-17H2,1-3H3,(H2,23,24,25). The predicted molar refractivity (Wildman–Crippen MR) is 114 cm³/mol. The zero-order valence-electron chi connectivity index (χ0n) is 16.9. The zero-order chi connectivity index (χ0) is 20.2. The maximum atomic E-state index is 11.9. The molecule has 2 rings (SSSR count). The number of carbonyl (C=O) groups excluding carboxylic acids is 1. The first-order valence-electron chi connectivity index (χ1n) is 9.47. The van der Waals surface area contributed by atoms with Gasteiger partial charge in [0.15, 0.2) is 5.96 Å². The third-order valence-electron chi connectivity index (χ3n) is 4.26. The molecule has 6 heteroatoms. The lowest BCUT2D eigenvalue weighted by Gasteiger charge is -2.15. The monoisotopic (exact) mass is 382 g/mol. The molecule has 0 saturated carbocycles. The van der Waals surface area contributed by atoms with E-state index >= 15 is 0 Å². The van der Waals surface area contributed by atoms with Gasteiger partial charge in [-0.1, -0.05) is 42.5 Å². The largest absolute Gasteiger partial charge is 0.497 e. The van der Waals surface area contributed by atoms with Crippen LogP contribution in [0.25, 0.3) is 0 Å². The Labute approximate surface area is 167 Å². The van der Waals surface area contributed by atoms with Gasteiger partial charge < -0.3 is 20.3 Å². The van der Waals surface area contributed by atoms with Crippen LogP contribution in [0.1, 0.15) is 17.5 Å². The van der Waals surface area contributed by atoms with E-state index in [0.29, 0.717) is 12.5 Å². The number of nitrogens with one attached hydrogen (secondary N) is 2. The molecule has 0 atom stereocenters. The van der Waals surface area contributed by atoms with E-state index in [1.54, 1.807) is 26.1 Å². The molecule has 0 spiro atoms. The van der Waals surface area contributed by atoms with Crippen LogP contribution in [0.3, 0.4) is 0 Å². The van der Waals surface area contributed by atoms with Crippen LogP contribution >= 0.6 is 0 Å². The molecule has 0 saturated heterocycles. The van der Waals surface area contributed by atoms with E-state index in [2.05, 4.69) is 39.9 Å². The SMILES string of the molecule is COc1ccc(CN=C(NCCCc2ccccc2)NCC(=O)N(C)C)cc1. The van der Waals surface area contributed by atoms with E-state index in [4.69, 9.17) is 4.74 Å². The first-order chi connectivity index (χ1) is 13.6. The van der Waals surface area contributed by atoms with Crippen molar-refractivity contribution in [3.8, 4) is 5.75 Å². The van der Waals surface area contributed by atoms with Gasteiger partial charge in [-0.3, -0.25) is 4.79 Å². The van der Waals surface area contributed by atoms with Crippen molar-refractivity contribution in [1.82, 2.24) is 15.5 Å². The van der Waals surface area contributed by atoms with E-state index in [9.17, 15) is 4.79 Å². The number of nitrogens with zero attached hydrogens (tertiary/aromatic N) is 2. The van der Waals surface area contributed by atoms with Crippen LogP contribution in [0, 0.1) is 0 Å². The summed E-state index contributed by atoms with van der Waals surface area (Å²) >= 11 is 0. The molecule has 0 unspecified atom stereocenters. The van der Waals surface area contributed by atoms with Crippen LogP contribution in [0.5, 0.6) is 5.75 Å². The van der Waals surface area contributed by atoms with Crippen LogP contribution in [-0.2, 0) is 17.8 Å². The normalized spacial score (nSPS) is 11.0. The summed E-state index contributed by atoms with van der Waals surface area (Å²) < 4.78 is 5.18. The number of carbonyl (C=O) groups is 1. The van der Waals surface area contributed by atoms with Gasteiger partial charge in [-0.25, -0.2) is 4.99 Å². The van der Waals surface area contributed by atoms with E-state index < -0.39 is 0 Å². The van der Waals surface area contributed by atoms with Gasteiger partial charge in [-0.05, 0) is 36.1 Å². The number of hydrogen-bond donors (Lipinski definition) is 2. The minimum atomic E-state index is 0.00299. The van der Waals surface area contributed by atoms with Crippen molar-refractivity contribution in [3.63, 3.8) is 0 Å². The van der Waals surface area contributed by atoms with Crippen LogP contribution in [0.4, 0.5) is 0 Å². The van der Waals surface area contributed by atoms with Gasteiger partial charge in [0.1, 0.15) is 5.75 Å². The molecular formula is C22H30N4O2. The smallest absolute Gasteiger partial charge is 0.241 e. The molecule has 0 aliphatic rings. The fraction of sp³-hybridized carbons (Fsp3) is 0.364. The van der Waals surface area contributed by atoms with Gasteiger partial charge in [-0.2, -0.15) is 0 Å². The van der Waals surface area contributed by atoms with Crippen LogP contribution in [-0.4, -0.2) is 51.1 Å². The number of likely N-dealkylation sites (N-methyl/N-ethyl adjacent to an activating group) is 1. The first-order valence-corrected chi connectivity index (χ1v) is 9.47. The average molecular weight is 383 g/mol. The lowest BCUT2D eigenvalue weighted by atomic mass is 10.1. The molecule has 0 bridgehead atoms. The summed E-state index contributed by atoms with van der Waals surface area (Å²) in [5.41, 5.74) is 2.39. The van der Waals surface area contributed by atoms with Crippen LogP contribution < -0.4 is 15.4 Å². The molecule has 0 heterocycles. The van der Waals surface area contributed by atoms with Crippen molar-refractivity contribution in [3.05, 3.63) is 65.7 Å². The summed E-state index contributed by atoms with van der Waals surface area (Å²) in [5.74, 6) is 1.46. The summed E-state index contributed by atoms with van der Waals surface area (Å²) in [4.78, 5) is 18.0. The highest BCUT2D eigenvalue weighted by Gasteiger charge is 2.06.